The molecule has 28 heavy (non-hydrogen) atoms. The largest absolute Gasteiger partial charge is 0.469 e. The van der Waals surface area contributed by atoms with Gasteiger partial charge in [-0.25, -0.2) is 9.36 Å². The average Bonchev–Trinajstić information content (AvgIpc) is 3.01. The Kier molecular flexibility index (Phi) is 5.75. The minimum absolute atomic E-state index is 0.000170. The molecule has 0 saturated carbocycles. The van der Waals surface area contributed by atoms with E-state index < -0.39 is 17.8 Å². The highest BCUT2D eigenvalue weighted by atomic mass is 35.5. The summed E-state index contributed by atoms with van der Waals surface area (Å²) in [5, 5.41) is 0.902. The molecule has 0 N–H and O–H groups in total. The molecule has 8 heteroatoms. The summed E-state index contributed by atoms with van der Waals surface area (Å²) >= 11 is 6.11. The Morgan fingerprint density at radius 1 is 1.18 bits per heavy atom. The smallest absolute Gasteiger partial charge is 0.419 e. The normalized spacial score (nSPS) is 10.7. The van der Waals surface area contributed by atoms with Gasteiger partial charge in [0.2, 0.25) is 5.78 Å². The third-order valence-electron chi connectivity index (χ3n) is 4.15. The van der Waals surface area contributed by atoms with E-state index in [2.05, 4.69) is 4.98 Å². The second-order valence-corrected chi connectivity index (χ2v) is 6.26. The number of hydrogen-bond donors (Lipinski definition) is 0. The molecule has 2 heterocycles. The van der Waals surface area contributed by atoms with E-state index in [1.807, 2.05) is 0 Å². The third kappa shape index (κ3) is 3.61. The van der Waals surface area contributed by atoms with Crippen molar-refractivity contribution in [2.75, 3.05) is 13.7 Å². The number of esters is 1. The van der Waals surface area contributed by atoms with Crippen LogP contribution in [0.1, 0.15) is 28.7 Å². The zero-order valence-corrected chi connectivity index (χ0v) is 16.0. The number of ether oxygens (including phenoxy) is 2. The number of aromatic nitrogens is 2. The van der Waals surface area contributed by atoms with Crippen LogP contribution < -0.4 is 0 Å². The maximum Gasteiger partial charge on any atom is 0.419 e. The van der Waals surface area contributed by atoms with Crippen molar-refractivity contribution < 1.29 is 23.9 Å². The van der Waals surface area contributed by atoms with Crippen LogP contribution in [0.25, 0.3) is 10.9 Å². The molecule has 144 valence electrons. The number of carbonyl (C=O) groups is 3. The molecular formula is C20H17ClN2O5. The van der Waals surface area contributed by atoms with Gasteiger partial charge in [-0.1, -0.05) is 23.7 Å². The van der Waals surface area contributed by atoms with Gasteiger partial charge in [-0.05, 0) is 31.2 Å². The highest BCUT2D eigenvalue weighted by Gasteiger charge is 2.29. The second kappa shape index (κ2) is 8.22. The maximum absolute atomic E-state index is 13.2. The van der Waals surface area contributed by atoms with Gasteiger partial charge in [-0.15, -0.1) is 0 Å². The fourth-order valence-electron chi connectivity index (χ4n) is 2.96. The van der Waals surface area contributed by atoms with E-state index >= 15 is 0 Å². The zero-order chi connectivity index (χ0) is 20.3. The van der Waals surface area contributed by atoms with Crippen molar-refractivity contribution in [1.82, 2.24) is 9.55 Å². The molecule has 0 unspecified atom stereocenters. The van der Waals surface area contributed by atoms with E-state index in [4.69, 9.17) is 21.1 Å². The lowest BCUT2D eigenvalue weighted by molar-refractivity contribution is -0.139. The van der Waals surface area contributed by atoms with E-state index in [9.17, 15) is 14.4 Å². The van der Waals surface area contributed by atoms with Gasteiger partial charge in [-0.2, -0.15) is 0 Å². The minimum atomic E-state index is -0.745. The van der Waals surface area contributed by atoms with Gasteiger partial charge < -0.3 is 9.47 Å². The van der Waals surface area contributed by atoms with Gasteiger partial charge in [0.25, 0.3) is 0 Å². The first-order valence-corrected chi connectivity index (χ1v) is 8.88. The Morgan fingerprint density at radius 3 is 2.61 bits per heavy atom. The monoisotopic (exact) mass is 400 g/mol. The van der Waals surface area contributed by atoms with Crippen LogP contribution in [-0.2, 0) is 20.7 Å². The molecule has 0 aliphatic rings. The lowest BCUT2D eigenvalue weighted by Gasteiger charge is -2.10. The number of benzene rings is 1. The maximum atomic E-state index is 13.2. The van der Waals surface area contributed by atoms with Gasteiger partial charge >= 0.3 is 12.1 Å². The standard InChI is InChI=1S/C20H17ClN2O5/c1-3-28-20(26)23-16-10-12(21)7-8-13(16)14(11-17(24)27-2)18(23)19(25)15-6-4-5-9-22-15/h4-10H,3,11H2,1-2H3. The molecule has 0 saturated heterocycles. The van der Waals surface area contributed by atoms with Crippen molar-refractivity contribution in [3.63, 3.8) is 0 Å². The number of nitrogens with zero attached hydrogens (tertiary/aromatic N) is 2. The molecule has 0 aliphatic heterocycles. The summed E-state index contributed by atoms with van der Waals surface area (Å²) in [5.41, 5.74) is 0.847. The molecule has 0 bridgehead atoms. The first kappa shape index (κ1) is 19.6. The topological polar surface area (TPSA) is 87.5 Å². The van der Waals surface area contributed by atoms with Gasteiger partial charge in [0, 0.05) is 22.2 Å². The number of fused-ring (bicyclic) bond motifs is 1. The number of pyridine rings is 1. The second-order valence-electron chi connectivity index (χ2n) is 5.82. The fourth-order valence-corrected chi connectivity index (χ4v) is 3.12. The van der Waals surface area contributed by atoms with Gasteiger partial charge in [-0.3, -0.25) is 14.6 Å². The van der Waals surface area contributed by atoms with E-state index in [1.54, 1.807) is 37.3 Å². The Labute approximate surface area is 165 Å². The summed E-state index contributed by atoms with van der Waals surface area (Å²) in [6, 6.07) is 9.69. The molecule has 2 aromatic heterocycles. The molecule has 7 nitrogen and oxygen atoms in total. The van der Waals surface area contributed by atoms with Crippen LogP contribution in [0.15, 0.2) is 42.6 Å². The summed E-state index contributed by atoms with van der Waals surface area (Å²) in [7, 11) is 1.25. The van der Waals surface area contributed by atoms with E-state index in [0.717, 1.165) is 4.57 Å². The van der Waals surface area contributed by atoms with Crippen LogP contribution >= 0.6 is 11.6 Å². The van der Waals surface area contributed by atoms with Crippen molar-refractivity contribution in [2.45, 2.75) is 13.3 Å². The molecule has 0 fully saturated rings. The number of ketones is 1. The molecule has 3 aromatic rings. The summed E-state index contributed by atoms with van der Waals surface area (Å²) < 4.78 is 11.0. The van der Waals surface area contributed by atoms with Crippen LogP contribution in [0.4, 0.5) is 4.79 Å². The van der Waals surface area contributed by atoms with Crippen LogP contribution in [0.2, 0.25) is 5.02 Å². The molecule has 0 spiro atoms. The quantitative estimate of drug-likeness (QED) is 0.480. The lowest BCUT2D eigenvalue weighted by Crippen LogP contribution is -2.21. The van der Waals surface area contributed by atoms with E-state index in [1.165, 1.54) is 19.4 Å². The third-order valence-corrected chi connectivity index (χ3v) is 4.38. The summed E-state index contributed by atoms with van der Waals surface area (Å²) in [6.45, 7) is 1.77. The molecule has 0 atom stereocenters. The summed E-state index contributed by atoms with van der Waals surface area (Å²) in [6.07, 6.45) is 0.529. The highest BCUT2D eigenvalue weighted by molar-refractivity contribution is 6.31. The fraction of sp³-hybridized carbons (Fsp3) is 0.200. The Balaban J connectivity index is 2.35. The number of methoxy groups -OCH3 is 1. The van der Waals surface area contributed by atoms with Crippen molar-refractivity contribution in [1.29, 1.82) is 0 Å². The first-order valence-electron chi connectivity index (χ1n) is 8.50. The number of hydrogen-bond acceptors (Lipinski definition) is 6. The predicted molar refractivity (Wildman–Crippen MR) is 103 cm³/mol. The number of carbonyl (C=O) groups excluding carboxylic acids is 3. The number of halogens is 1. The predicted octanol–water partition coefficient (Wildman–Crippen LogP) is 3.64. The van der Waals surface area contributed by atoms with Gasteiger partial charge in [0.15, 0.2) is 0 Å². The number of rotatable bonds is 5. The van der Waals surface area contributed by atoms with Crippen molar-refractivity contribution >= 4 is 40.3 Å². The van der Waals surface area contributed by atoms with Gasteiger partial charge in [0.05, 0.1) is 25.7 Å². The zero-order valence-electron chi connectivity index (χ0n) is 15.3. The average molecular weight is 401 g/mol. The molecule has 0 radical (unpaired) electrons. The van der Waals surface area contributed by atoms with Crippen molar-refractivity contribution in [3.8, 4) is 0 Å². The molecule has 3 rings (SSSR count). The SMILES string of the molecule is CCOC(=O)n1c(C(=O)c2ccccn2)c(CC(=O)OC)c2ccc(Cl)cc21. The van der Waals surface area contributed by atoms with Crippen LogP contribution in [0.3, 0.4) is 0 Å². The van der Waals surface area contributed by atoms with Crippen molar-refractivity contribution in [2.24, 2.45) is 0 Å². The summed E-state index contributed by atoms with van der Waals surface area (Å²) in [5.74, 6) is -1.06. The lowest BCUT2D eigenvalue weighted by atomic mass is 10.0. The van der Waals surface area contributed by atoms with E-state index in [-0.39, 0.29) is 24.4 Å². The Morgan fingerprint density at radius 2 is 1.96 bits per heavy atom. The minimum Gasteiger partial charge on any atom is -0.469 e. The molecular weight excluding hydrogens is 384 g/mol. The molecule has 0 aliphatic carbocycles. The molecule has 0 amide bonds. The Hall–Kier alpha value is -3.19. The first-order chi connectivity index (χ1) is 13.5. The summed E-state index contributed by atoms with van der Waals surface area (Å²) in [4.78, 5) is 42.0. The van der Waals surface area contributed by atoms with Crippen molar-refractivity contribution in [3.05, 3.63) is 64.6 Å². The van der Waals surface area contributed by atoms with Crippen LogP contribution in [-0.4, -0.2) is 41.1 Å². The van der Waals surface area contributed by atoms with Gasteiger partial charge in [0.1, 0.15) is 11.4 Å². The van der Waals surface area contributed by atoms with Crippen LogP contribution in [0, 0.1) is 0 Å². The van der Waals surface area contributed by atoms with E-state index in [0.29, 0.717) is 21.5 Å². The van der Waals surface area contributed by atoms with Crippen LogP contribution in [0.5, 0.6) is 0 Å². The highest BCUT2D eigenvalue weighted by Crippen LogP contribution is 2.31. The Bertz CT molecular complexity index is 1060. The molecule has 1 aromatic carbocycles.